The highest BCUT2D eigenvalue weighted by molar-refractivity contribution is 7.33. The van der Waals surface area contributed by atoms with Gasteiger partial charge in [-0.05, 0) is 194 Å². The quantitative estimate of drug-likeness (QED) is 0.163. The van der Waals surface area contributed by atoms with Crippen LogP contribution in [0.2, 0.25) is 0 Å². The van der Waals surface area contributed by atoms with Crippen LogP contribution in [-0.2, 0) is 37.9 Å². The third-order valence-electron chi connectivity index (χ3n) is 21.6. The van der Waals surface area contributed by atoms with Crippen LogP contribution in [0.5, 0.6) is 0 Å². The summed E-state index contributed by atoms with van der Waals surface area (Å²) in [7, 11) is 0. The van der Waals surface area contributed by atoms with Gasteiger partial charge in [-0.3, -0.25) is 0 Å². The van der Waals surface area contributed by atoms with Gasteiger partial charge >= 0.3 is 0 Å². The van der Waals surface area contributed by atoms with Crippen molar-refractivity contribution in [2.75, 3.05) is 14.7 Å². The van der Waals surface area contributed by atoms with Crippen molar-refractivity contribution in [2.24, 2.45) is 5.41 Å². The number of anilines is 8. The second-order valence-corrected chi connectivity index (χ2v) is 32.4. The first-order valence-electron chi connectivity index (χ1n) is 30.1. The summed E-state index contributed by atoms with van der Waals surface area (Å²) in [6, 6.07) is 45.4. The van der Waals surface area contributed by atoms with E-state index in [2.05, 4.69) is 249 Å². The molecular formula is C73H88BN3S. The SMILES string of the molecule is CC(C)(C)c1ccc2c(c1)B1c3sc4ccc(C(C)(C)C)cc4c3N(c3ccc4c(c3)C(C)(C)CCC4(C)C)c3cc(N4c5ccccc5C5(C(C)(C)C)CCCCC45C)cc(c31)N2c1ccc2c(c1)C(C)(C)CCC2(C)C. The van der Waals surface area contributed by atoms with Crippen molar-refractivity contribution < 1.29 is 0 Å². The highest BCUT2D eigenvalue weighted by atomic mass is 32.1. The molecule has 1 fully saturated rings. The topological polar surface area (TPSA) is 9.72 Å². The number of para-hydroxylation sites is 1. The van der Waals surface area contributed by atoms with Crippen molar-refractivity contribution in [1.82, 2.24) is 0 Å². The molecule has 3 nitrogen and oxygen atoms in total. The van der Waals surface area contributed by atoms with Gasteiger partial charge < -0.3 is 14.7 Å². The van der Waals surface area contributed by atoms with Gasteiger partial charge in [0.05, 0.1) is 11.2 Å². The number of rotatable bonds is 3. The number of thiophene rings is 1. The first kappa shape index (κ1) is 52.1. The van der Waals surface area contributed by atoms with Crippen LogP contribution in [0, 0.1) is 5.41 Å². The Morgan fingerprint density at radius 3 is 1.56 bits per heavy atom. The van der Waals surface area contributed by atoms with E-state index in [9.17, 15) is 0 Å². The second-order valence-electron chi connectivity index (χ2n) is 31.3. The fourth-order valence-electron chi connectivity index (χ4n) is 16.9. The normalized spacial score (nSPS) is 23.3. The lowest BCUT2D eigenvalue weighted by atomic mass is 9.36. The van der Waals surface area contributed by atoms with Crippen LogP contribution in [-0.4, -0.2) is 12.3 Å². The standard InChI is InChI=1S/C73H88BN3S/c1-65(2,3)45-26-32-61-50(39-45)63-64(78-61)74-56-40-46(66(4,5)6)25-31-58(56)75(47-27-29-51-54(41-47)70(14,15)37-35-68(51,10)11)59-43-49(77-57-24-20-19-23-53(57)73(67(7,8)9)34-22-21-33-72(73,77)18)44-60(62(59)74)76(63)48-28-30-52-55(42-48)71(16,17)38-36-69(52,12)13/h19-20,23-32,39-44H,21-22,33-38H2,1-18H3. The van der Waals surface area contributed by atoms with Crippen LogP contribution >= 0.6 is 11.3 Å². The molecule has 0 bridgehead atoms. The molecule has 7 aromatic rings. The smallest absolute Gasteiger partial charge is 0.264 e. The molecule has 3 aliphatic carbocycles. The van der Waals surface area contributed by atoms with Gasteiger partial charge in [0.15, 0.2) is 0 Å². The molecule has 2 unspecified atom stereocenters. The Balaban J connectivity index is 1.20. The minimum Gasteiger partial charge on any atom is -0.334 e. The summed E-state index contributed by atoms with van der Waals surface area (Å²) in [4.78, 5) is 8.44. The minimum atomic E-state index is -0.170. The fraction of sp³-hybridized carbons (Fsp3) is 0.479. The number of nitrogens with zero attached hydrogens (tertiary/aromatic N) is 3. The van der Waals surface area contributed by atoms with Gasteiger partial charge in [-0.15, -0.1) is 11.3 Å². The first-order valence-corrected chi connectivity index (χ1v) is 30.9. The van der Waals surface area contributed by atoms with Crippen LogP contribution in [0.15, 0.2) is 109 Å². The Labute approximate surface area is 474 Å². The van der Waals surface area contributed by atoms with Crippen LogP contribution in [0.25, 0.3) is 10.1 Å². The van der Waals surface area contributed by atoms with E-state index < -0.39 is 0 Å². The maximum atomic E-state index is 2.89. The molecule has 1 aromatic heterocycles. The zero-order chi connectivity index (χ0) is 55.4. The minimum absolute atomic E-state index is 0.0154. The van der Waals surface area contributed by atoms with Crippen molar-refractivity contribution >= 4 is 89.3 Å². The molecular weight excluding hydrogens is 962 g/mol. The van der Waals surface area contributed by atoms with E-state index in [4.69, 9.17) is 0 Å². The molecule has 78 heavy (non-hydrogen) atoms. The van der Waals surface area contributed by atoms with Gasteiger partial charge in [-0.2, -0.15) is 0 Å². The predicted molar refractivity (Wildman–Crippen MR) is 340 cm³/mol. The van der Waals surface area contributed by atoms with Crippen LogP contribution < -0.4 is 30.4 Å². The summed E-state index contributed by atoms with van der Waals surface area (Å²) in [6.07, 6.45) is 9.53. The maximum absolute atomic E-state index is 2.89. The van der Waals surface area contributed by atoms with Crippen molar-refractivity contribution in [3.05, 3.63) is 148 Å². The lowest BCUT2D eigenvalue weighted by molar-refractivity contribution is 0.0580. The van der Waals surface area contributed by atoms with E-state index in [0.29, 0.717) is 0 Å². The van der Waals surface area contributed by atoms with E-state index in [1.165, 1.54) is 155 Å². The Bertz CT molecular complexity index is 3660. The highest BCUT2D eigenvalue weighted by Crippen LogP contribution is 2.68. The molecule has 6 aliphatic rings. The van der Waals surface area contributed by atoms with E-state index in [-0.39, 0.29) is 55.6 Å². The van der Waals surface area contributed by atoms with Gasteiger partial charge in [0.2, 0.25) is 0 Å². The molecule has 404 valence electrons. The van der Waals surface area contributed by atoms with Gasteiger partial charge in [0.1, 0.15) is 0 Å². The zero-order valence-electron chi connectivity index (χ0n) is 50.9. The van der Waals surface area contributed by atoms with E-state index in [1.807, 2.05) is 11.3 Å². The maximum Gasteiger partial charge on any atom is 0.264 e. The molecule has 1 saturated carbocycles. The Hall–Kier alpha value is -5.26. The molecule has 5 heteroatoms. The lowest BCUT2D eigenvalue weighted by Gasteiger charge is -2.58. The molecule has 0 amide bonds. The summed E-state index contributed by atoms with van der Waals surface area (Å²) in [6.45, 7) is 44.5. The zero-order valence-corrected chi connectivity index (χ0v) is 51.7. The monoisotopic (exact) mass is 1050 g/mol. The average molecular weight is 1050 g/mol. The Kier molecular flexibility index (Phi) is 11.0. The molecule has 0 radical (unpaired) electrons. The van der Waals surface area contributed by atoms with Crippen molar-refractivity contribution in [3.63, 3.8) is 0 Å². The Morgan fingerprint density at radius 2 is 0.974 bits per heavy atom. The van der Waals surface area contributed by atoms with Gasteiger partial charge in [-0.25, -0.2) is 0 Å². The third kappa shape index (κ3) is 7.19. The summed E-state index contributed by atoms with van der Waals surface area (Å²) >= 11 is 2.04. The van der Waals surface area contributed by atoms with Crippen molar-refractivity contribution in [2.45, 2.75) is 219 Å². The van der Waals surface area contributed by atoms with Crippen LogP contribution in [0.1, 0.15) is 215 Å². The summed E-state index contributed by atoms with van der Waals surface area (Å²) < 4.78 is 2.81. The average Bonchev–Trinajstić information content (AvgIpc) is 4.09. The van der Waals surface area contributed by atoms with Gasteiger partial charge in [0.25, 0.3) is 6.71 Å². The molecule has 0 N–H and O–H groups in total. The highest BCUT2D eigenvalue weighted by Gasteiger charge is 2.65. The van der Waals surface area contributed by atoms with Crippen LogP contribution in [0.3, 0.4) is 0 Å². The summed E-state index contributed by atoms with van der Waals surface area (Å²) in [5.41, 5.74) is 23.7. The second kappa shape index (κ2) is 16.4. The van der Waals surface area contributed by atoms with Crippen molar-refractivity contribution in [3.8, 4) is 0 Å². The summed E-state index contributed by atoms with van der Waals surface area (Å²) in [5.74, 6) is 0. The number of hydrogen-bond acceptors (Lipinski definition) is 4. The fourth-order valence-corrected chi connectivity index (χ4v) is 18.2. The molecule has 6 aromatic carbocycles. The molecule has 3 aliphatic heterocycles. The van der Waals surface area contributed by atoms with Gasteiger partial charge in [-0.1, -0.05) is 179 Å². The number of benzene rings is 6. The predicted octanol–water partition coefficient (Wildman–Crippen LogP) is 19.0. The number of fused-ring (bicyclic) bond motifs is 11. The van der Waals surface area contributed by atoms with Crippen LogP contribution in [0.4, 0.5) is 45.5 Å². The molecule has 2 atom stereocenters. The van der Waals surface area contributed by atoms with E-state index in [1.54, 1.807) is 0 Å². The lowest BCUT2D eigenvalue weighted by Crippen LogP contribution is -2.62. The first-order chi connectivity index (χ1) is 36.4. The Morgan fingerprint density at radius 1 is 0.449 bits per heavy atom. The van der Waals surface area contributed by atoms with Gasteiger partial charge in [0, 0.05) is 60.1 Å². The third-order valence-corrected chi connectivity index (χ3v) is 22.8. The molecule has 4 heterocycles. The van der Waals surface area contributed by atoms with Crippen molar-refractivity contribution in [1.29, 1.82) is 0 Å². The summed E-state index contributed by atoms with van der Waals surface area (Å²) in [5, 5.41) is 1.37. The number of hydrogen-bond donors (Lipinski definition) is 0. The van der Waals surface area contributed by atoms with E-state index >= 15 is 0 Å². The molecule has 13 rings (SSSR count). The van der Waals surface area contributed by atoms with E-state index in [0.717, 1.165) is 6.42 Å². The largest absolute Gasteiger partial charge is 0.334 e. The molecule has 0 spiro atoms. The molecule has 0 saturated heterocycles.